The van der Waals surface area contributed by atoms with Gasteiger partial charge in [0.05, 0.1) is 5.56 Å². The van der Waals surface area contributed by atoms with Crippen molar-refractivity contribution in [2.24, 2.45) is 0 Å². The molecule has 18 heavy (non-hydrogen) atoms. The van der Waals surface area contributed by atoms with Gasteiger partial charge in [-0.25, -0.2) is 4.39 Å². The number of ether oxygens (including phenoxy) is 1. The molecule has 0 unspecified atom stereocenters. The third-order valence-electron chi connectivity index (χ3n) is 2.58. The van der Waals surface area contributed by atoms with E-state index in [1.165, 1.54) is 19.1 Å². The second-order valence-corrected chi connectivity index (χ2v) is 4.08. The molecule has 0 fully saturated rings. The number of hydrogen-bond donors (Lipinski definition) is 0. The minimum atomic E-state index is -0.563. The SMILES string of the molecule is CC(=O)c1c(F)cccc1Oc1ccc(C)cc1. The van der Waals surface area contributed by atoms with E-state index in [1.54, 1.807) is 18.2 Å². The number of hydrogen-bond acceptors (Lipinski definition) is 2. The molecule has 0 aliphatic carbocycles. The van der Waals surface area contributed by atoms with Crippen LogP contribution in [0.25, 0.3) is 0 Å². The summed E-state index contributed by atoms with van der Waals surface area (Å²) in [6.07, 6.45) is 0. The summed E-state index contributed by atoms with van der Waals surface area (Å²) in [7, 11) is 0. The summed E-state index contributed by atoms with van der Waals surface area (Å²) in [5.74, 6) is -0.0950. The van der Waals surface area contributed by atoms with Gasteiger partial charge in [-0.15, -0.1) is 0 Å². The fourth-order valence-electron chi connectivity index (χ4n) is 1.66. The van der Waals surface area contributed by atoms with Crippen molar-refractivity contribution in [3.8, 4) is 11.5 Å². The van der Waals surface area contributed by atoms with Gasteiger partial charge in [-0.05, 0) is 38.1 Å². The van der Waals surface area contributed by atoms with Crippen molar-refractivity contribution in [2.75, 3.05) is 0 Å². The average Bonchev–Trinajstić information content (AvgIpc) is 2.32. The summed E-state index contributed by atoms with van der Waals surface area (Å²) in [6.45, 7) is 3.29. The Morgan fingerprint density at radius 3 is 2.39 bits per heavy atom. The quantitative estimate of drug-likeness (QED) is 0.759. The van der Waals surface area contributed by atoms with Crippen LogP contribution in [-0.2, 0) is 0 Å². The summed E-state index contributed by atoms with van der Waals surface area (Å²) < 4.78 is 19.1. The largest absolute Gasteiger partial charge is 0.457 e. The van der Waals surface area contributed by atoms with Gasteiger partial charge < -0.3 is 4.74 Å². The Kier molecular flexibility index (Phi) is 3.42. The molecule has 0 aromatic heterocycles. The van der Waals surface area contributed by atoms with Gasteiger partial charge in [0.2, 0.25) is 0 Å². The summed E-state index contributed by atoms with van der Waals surface area (Å²) in [6, 6.07) is 11.7. The Morgan fingerprint density at radius 2 is 1.78 bits per heavy atom. The normalized spacial score (nSPS) is 10.2. The number of aryl methyl sites for hydroxylation is 1. The number of carbonyl (C=O) groups excluding carboxylic acids is 1. The van der Waals surface area contributed by atoms with Crippen LogP contribution in [0.1, 0.15) is 22.8 Å². The summed E-state index contributed by atoms with van der Waals surface area (Å²) >= 11 is 0. The van der Waals surface area contributed by atoms with Crippen molar-refractivity contribution < 1.29 is 13.9 Å². The molecular formula is C15H13FO2. The molecule has 0 saturated heterocycles. The molecular weight excluding hydrogens is 231 g/mol. The minimum absolute atomic E-state index is 0.0157. The predicted molar refractivity (Wildman–Crippen MR) is 67.7 cm³/mol. The molecule has 3 heteroatoms. The van der Waals surface area contributed by atoms with E-state index in [9.17, 15) is 9.18 Å². The number of benzene rings is 2. The van der Waals surface area contributed by atoms with Crippen molar-refractivity contribution in [2.45, 2.75) is 13.8 Å². The lowest BCUT2D eigenvalue weighted by atomic mass is 10.1. The van der Waals surface area contributed by atoms with Crippen molar-refractivity contribution in [1.82, 2.24) is 0 Å². The highest BCUT2D eigenvalue weighted by Crippen LogP contribution is 2.27. The van der Waals surface area contributed by atoms with Crippen LogP contribution in [0.4, 0.5) is 4.39 Å². The van der Waals surface area contributed by atoms with E-state index >= 15 is 0 Å². The molecule has 0 radical (unpaired) electrons. The molecule has 0 aliphatic rings. The van der Waals surface area contributed by atoms with Crippen LogP contribution in [0.2, 0.25) is 0 Å². The first kappa shape index (κ1) is 12.3. The standard InChI is InChI=1S/C15H13FO2/c1-10-6-8-12(9-7-10)18-14-5-3-4-13(16)15(14)11(2)17/h3-9H,1-2H3. The topological polar surface area (TPSA) is 26.3 Å². The van der Waals surface area contributed by atoms with Crippen LogP contribution in [0.15, 0.2) is 42.5 Å². The summed E-state index contributed by atoms with van der Waals surface area (Å²) in [5, 5.41) is 0. The maximum atomic E-state index is 13.6. The predicted octanol–water partition coefficient (Wildman–Crippen LogP) is 4.13. The maximum Gasteiger partial charge on any atom is 0.166 e. The molecule has 2 aromatic rings. The smallest absolute Gasteiger partial charge is 0.166 e. The Labute approximate surface area is 105 Å². The van der Waals surface area contributed by atoms with Crippen molar-refractivity contribution in [3.63, 3.8) is 0 Å². The maximum absolute atomic E-state index is 13.6. The zero-order valence-corrected chi connectivity index (χ0v) is 10.2. The van der Waals surface area contributed by atoms with Gasteiger partial charge in [0.25, 0.3) is 0 Å². The van der Waals surface area contributed by atoms with Gasteiger partial charge in [-0.2, -0.15) is 0 Å². The van der Waals surface area contributed by atoms with Crippen LogP contribution < -0.4 is 4.74 Å². The fraction of sp³-hybridized carbons (Fsp3) is 0.133. The molecule has 2 aromatic carbocycles. The first-order valence-corrected chi connectivity index (χ1v) is 5.62. The van der Waals surface area contributed by atoms with Gasteiger partial charge >= 0.3 is 0 Å². The molecule has 0 aliphatic heterocycles. The van der Waals surface area contributed by atoms with Gasteiger partial charge in [0, 0.05) is 0 Å². The Balaban J connectivity index is 2.37. The lowest BCUT2D eigenvalue weighted by molar-refractivity contribution is 0.101. The first-order chi connectivity index (χ1) is 8.58. The molecule has 0 spiro atoms. The van der Waals surface area contributed by atoms with E-state index in [4.69, 9.17) is 4.74 Å². The van der Waals surface area contributed by atoms with E-state index in [1.807, 2.05) is 19.1 Å². The third-order valence-corrected chi connectivity index (χ3v) is 2.58. The monoisotopic (exact) mass is 244 g/mol. The third kappa shape index (κ3) is 2.56. The fourth-order valence-corrected chi connectivity index (χ4v) is 1.66. The Morgan fingerprint density at radius 1 is 1.11 bits per heavy atom. The number of ketones is 1. The second-order valence-electron chi connectivity index (χ2n) is 4.08. The van der Waals surface area contributed by atoms with Crippen LogP contribution in [0.5, 0.6) is 11.5 Å². The zero-order valence-electron chi connectivity index (χ0n) is 10.2. The van der Waals surface area contributed by atoms with Gasteiger partial charge in [0.15, 0.2) is 5.78 Å². The molecule has 0 N–H and O–H groups in total. The van der Waals surface area contributed by atoms with Gasteiger partial charge in [-0.1, -0.05) is 23.8 Å². The first-order valence-electron chi connectivity index (χ1n) is 5.62. The molecule has 0 atom stereocenters. The van der Waals surface area contributed by atoms with Crippen molar-refractivity contribution >= 4 is 5.78 Å². The van der Waals surface area contributed by atoms with E-state index in [0.29, 0.717) is 5.75 Å². The molecule has 2 nitrogen and oxygen atoms in total. The number of Topliss-reactive ketones (excluding diaryl/α,β-unsaturated/α-hetero) is 1. The van der Waals surface area contributed by atoms with Crippen LogP contribution in [-0.4, -0.2) is 5.78 Å². The van der Waals surface area contributed by atoms with E-state index in [0.717, 1.165) is 5.56 Å². The second kappa shape index (κ2) is 5.00. The average molecular weight is 244 g/mol. The van der Waals surface area contributed by atoms with E-state index in [2.05, 4.69) is 0 Å². The highest BCUT2D eigenvalue weighted by molar-refractivity contribution is 5.97. The highest BCUT2D eigenvalue weighted by Gasteiger charge is 2.14. The molecule has 0 bridgehead atoms. The molecule has 2 rings (SSSR count). The highest BCUT2D eigenvalue weighted by atomic mass is 19.1. The molecule has 0 amide bonds. The van der Waals surface area contributed by atoms with Crippen LogP contribution >= 0.6 is 0 Å². The number of carbonyl (C=O) groups is 1. The molecule has 0 heterocycles. The minimum Gasteiger partial charge on any atom is -0.457 e. The Hall–Kier alpha value is -2.16. The number of halogens is 1. The van der Waals surface area contributed by atoms with E-state index in [-0.39, 0.29) is 17.1 Å². The summed E-state index contributed by atoms with van der Waals surface area (Å²) in [5.41, 5.74) is 1.09. The Bertz CT molecular complexity index is 574. The summed E-state index contributed by atoms with van der Waals surface area (Å²) in [4.78, 5) is 11.4. The van der Waals surface area contributed by atoms with E-state index < -0.39 is 5.82 Å². The lowest BCUT2D eigenvalue weighted by Gasteiger charge is -2.10. The lowest BCUT2D eigenvalue weighted by Crippen LogP contribution is -2.00. The van der Waals surface area contributed by atoms with Crippen molar-refractivity contribution in [1.29, 1.82) is 0 Å². The van der Waals surface area contributed by atoms with Gasteiger partial charge in [0.1, 0.15) is 17.3 Å². The van der Waals surface area contributed by atoms with Gasteiger partial charge in [-0.3, -0.25) is 4.79 Å². The van der Waals surface area contributed by atoms with Crippen LogP contribution in [0, 0.1) is 12.7 Å². The zero-order chi connectivity index (χ0) is 13.1. The molecule has 92 valence electrons. The van der Waals surface area contributed by atoms with Crippen molar-refractivity contribution in [3.05, 3.63) is 59.4 Å². The molecule has 0 saturated carbocycles. The van der Waals surface area contributed by atoms with Crippen LogP contribution in [0.3, 0.4) is 0 Å². The number of rotatable bonds is 3.